The zero-order chi connectivity index (χ0) is 24.4. The molecule has 0 radical (unpaired) electrons. The predicted octanol–water partition coefficient (Wildman–Crippen LogP) is 9.45. The van der Waals surface area contributed by atoms with Gasteiger partial charge < -0.3 is 4.74 Å². The fraction of sp³-hybridized carbons (Fsp3) is 0.613. The molecule has 0 atom stereocenters. The highest BCUT2D eigenvalue weighted by Crippen LogP contribution is 2.09. The molecule has 0 saturated heterocycles. The Kier molecular flexibility index (Phi) is 21.1. The van der Waals surface area contributed by atoms with Crippen molar-refractivity contribution in [2.75, 3.05) is 0 Å². The van der Waals surface area contributed by atoms with Gasteiger partial charge in [-0.15, -0.1) is 0 Å². The molecule has 1 aromatic heterocycles. The highest BCUT2D eigenvalue weighted by atomic mass is 16.5. The number of hydrogen-bond acceptors (Lipinski definition) is 3. The molecule has 0 unspecified atom stereocenters. The molecule has 3 nitrogen and oxygen atoms in total. The van der Waals surface area contributed by atoms with Crippen molar-refractivity contribution in [3.8, 4) is 0 Å². The van der Waals surface area contributed by atoms with E-state index in [9.17, 15) is 4.79 Å². The second kappa shape index (κ2) is 24.0. The Morgan fingerprint density at radius 2 is 1.24 bits per heavy atom. The van der Waals surface area contributed by atoms with Gasteiger partial charge in [0.1, 0.15) is 6.61 Å². The summed E-state index contributed by atoms with van der Waals surface area (Å²) in [6, 6.07) is 5.61. The number of esters is 1. The van der Waals surface area contributed by atoms with Crippen LogP contribution in [0.1, 0.15) is 122 Å². The van der Waals surface area contributed by atoms with Crippen LogP contribution in [-0.4, -0.2) is 11.0 Å². The average Bonchev–Trinajstić information content (AvgIpc) is 2.86. The first-order chi connectivity index (χ1) is 16.8. The molecule has 0 spiro atoms. The van der Waals surface area contributed by atoms with Gasteiger partial charge in [0.2, 0.25) is 0 Å². The van der Waals surface area contributed by atoms with Crippen molar-refractivity contribution < 1.29 is 9.53 Å². The lowest BCUT2D eigenvalue weighted by atomic mass is 10.1. The minimum absolute atomic E-state index is 0.147. The Morgan fingerprint density at radius 1 is 0.706 bits per heavy atom. The highest BCUT2D eigenvalue weighted by Gasteiger charge is 2.02. The highest BCUT2D eigenvalue weighted by molar-refractivity contribution is 5.69. The summed E-state index contributed by atoms with van der Waals surface area (Å²) in [7, 11) is 0. The van der Waals surface area contributed by atoms with Gasteiger partial charge in [-0.05, 0) is 76.3 Å². The lowest BCUT2D eigenvalue weighted by Gasteiger charge is -2.03. The molecular weight excluding hydrogens is 418 g/mol. The largest absolute Gasteiger partial charge is 0.459 e. The summed E-state index contributed by atoms with van der Waals surface area (Å²) in [5, 5.41) is 0. The molecule has 1 rings (SSSR count). The van der Waals surface area contributed by atoms with Crippen LogP contribution in [0.3, 0.4) is 0 Å². The van der Waals surface area contributed by atoms with Crippen molar-refractivity contribution >= 4 is 5.97 Å². The minimum Gasteiger partial charge on any atom is -0.459 e. The molecule has 0 aromatic carbocycles. The molecule has 0 aliphatic carbocycles. The monoisotopic (exact) mass is 467 g/mol. The maximum Gasteiger partial charge on any atom is 0.306 e. The van der Waals surface area contributed by atoms with Crippen molar-refractivity contribution in [3.63, 3.8) is 0 Å². The van der Waals surface area contributed by atoms with Gasteiger partial charge in [0.05, 0.1) is 5.69 Å². The molecule has 0 bridgehead atoms. The Labute approximate surface area is 209 Å². The normalized spacial score (nSPS) is 11.8. The number of aromatic nitrogens is 1. The number of unbranched alkanes of at least 4 members (excludes halogenated alkanes) is 12. The number of pyridine rings is 1. The number of rotatable bonds is 22. The van der Waals surface area contributed by atoms with Crippen LogP contribution in [-0.2, 0) is 16.1 Å². The van der Waals surface area contributed by atoms with Gasteiger partial charge in [0.15, 0.2) is 0 Å². The van der Waals surface area contributed by atoms with Crippen LogP contribution in [0.5, 0.6) is 0 Å². The third-order valence-electron chi connectivity index (χ3n) is 5.82. The number of carbonyl (C=O) groups excluding carboxylic acids is 1. The van der Waals surface area contributed by atoms with Gasteiger partial charge in [0, 0.05) is 12.6 Å². The van der Waals surface area contributed by atoms with Crippen LogP contribution in [0.4, 0.5) is 0 Å². The van der Waals surface area contributed by atoms with Crippen molar-refractivity contribution in [2.45, 2.75) is 123 Å². The number of ether oxygens (including phenoxy) is 1. The second-order valence-electron chi connectivity index (χ2n) is 9.06. The fourth-order valence-corrected chi connectivity index (χ4v) is 3.72. The Morgan fingerprint density at radius 3 is 1.76 bits per heavy atom. The van der Waals surface area contributed by atoms with Crippen molar-refractivity contribution in [3.05, 3.63) is 66.5 Å². The molecule has 0 aliphatic heterocycles. The number of allylic oxidation sites excluding steroid dienone is 6. The van der Waals surface area contributed by atoms with E-state index >= 15 is 0 Å². The predicted molar refractivity (Wildman–Crippen MR) is 146 cm³/mol. The first kappa shape index (κ1) is 29.9. The summed E-state index contributed by atoms with van der Waals surface area (Å²) >= 11 is 0. The zero-order valence-electron chi connectivity index (χ0n) is 21.8. The van der Waals surface area contributed by atoms with E-state index in [1.54, 1.807) is 6.20 Å². The third kappa shape index (κ3) is 20.4. The van der Waals surface area contributed by atoms with Crippen molar-refractivity contribution in [2.24, 2.45) is 0 Å². The summed E-state index contributed by atoms with van der Waals surface area (Å²) in [5.74, 6) is -0.147. The Bertz CT molecular complexity index is 663. The molecule has 0 fully saturated rings. The second-order valence-corrected chi connectivity index (χ2v) is 9.06. The average molecular weight is 468 g/mol. The van der Waals surface area contributed by atoms with Crippen LogP contribution in [0, 0.1) is 0 Å². The summed E-state index contributed by atoms with van der Waals surface area (Å²) in [6.07, 6.45) is 35.9. The third-order valence-corrected chi connectivity index (χ3v) is 5.82. The van der Waals surface area contributed by atoms with Gasteiger partial charge in [-0.2, -0.15) is 0 Å². The van der Waals surface area contributed by atoms with E-state index in [-0.39, 0.29) is 12.6 Å². The van der Waals surface area contributed by atoms with Crippen LogP contribution in [0.15, 0.2) is 60.9 Å². The number of hydrogen-bond donors (Lipinski definition) is 0. The summed E-state index contributed by atoms with van der Waals surface area (Å²) < 4.78 is 5.24. The van der Waals surface area contributed by atoms with Crippen LogP contribution >= 0.6 is 0 Å². The molecule has 190 valence electrons. The maximum atomic E-state index is 11.7. The first-order valence-electron chi connectivity index (χ1n) is 13.8. The van der Waals surface area contributed by atoms with E-state index in [1.807, 2.05) is 18.2 Å². The van der Waals surface area contributed by atoms with Crippen LogP contribution in [0.2, 0.25) is 0 Å². The Hall–Kier alpha value is -2.16. The number of carbonyl (C=O) groups is 1. The Balaban J connectivity index is 1.81. The smallest absolute Gasteiger partial charge is 0.306 e. The van der Waals surface area contributed by atoms with Gasteiger partial charge in [0.25, 0.3) is 0 Å². The van der Waals surface area contributed by atoms with Crippen LogP contribution in [0.25, 0.3) is 0 Å². The van der Waals surface area contributed by atoms with Crippen molar-refractivity contribution in [1.29, 1.82) is 0 Å². The number of nitrogens with zero attached hydrogens (tertiary/aromatic N) is 1. The van der Waals surface area contributed by atoms with Gasteiger partial charge in [-0.3, -0.25) is 9.78 Å². The summed E-state index contributed by atoms with van der Waals surface area (Å²) in [4.78, 5) is 15.9. The maximum absolute atomic E-state index is 11.7. The van der Waals surface area contributed by atoms with E-state index in [0.29, 0.717) is 6.42 Å². The lowest BCUT2D eigenvalue weighted by Crippen LogP contribution is -2.04. The molecule has 3 heteroatoms. The zero-order valence-corrected chi connectivity index (χ0v) is 21.8. The standard InChI is InChI=1S/C31H49NO2/c1-2-3-4-5-6-7-8-9-10-11-12-13-14-15-16-17-18-19-20-21-22-23-27-31(33)34-29-30-26-24-25-28-32-30/h8-9,16-17,20-21,24-26,28H,2-7,10-15,18-19,22-23,27,29H2,1H3/b9-8+,17-16+,21-20+. The minimum atomic E-state index is -0.147. The van der Waals surface area contributed by atoms with E-state index in [2.05, 4.69) is 48.4 Å². The molecule has 0 saturated carbocycles. The van der Waals surface area contributed by atoms with E-state index < -0.39 is 0 Å². The van der Waals surface area contributed by atoms with Crippen molar-refractivity contribution in [1.82, 2.24) is 4.98 Å². The van der Waals surface area contributed by atoms with E-state index in [4.69, 9.17) is 4.74 Å². The quantitative estimate of drug-likeness (QED) is 0.0968. The summed E-state index contributed by atoms with van der Waals surface area (Å²) in [5.41, 5.74) is 0.787. The first-order valence-corrected chi connectivity index (χ1v) is 13.8. The van der Waals surface area contributed by atoms with Gasteiger partial charge >= 0.3 is 5.97 Å². The molecule has 0 amide bonds. The molecule has 0 aliphatic rings. The van der Waals surface area contributed by atoms with E-state index in [0.717, 1.165) is 31.4 Å². The molecule has 34 heavy (non-hydrogen) atoms. The lowest BCUT2D eigenvalue weighted by molar-refractivity contribution is -0.145. The van der Waals surface area contributed by atoms with Gasteiger partial charge in [-0.25, -0.2) is 0 Å². The molecule has 0 N–H and O–H groups in total. The molecule has 1 heterocycles. The van der Waals surface area contributed by atoms with Gasteiger partial charge in [-0.1, -0.05) is 88.0 Å². The molecular formula is C31H49NO2. The fourth-order valence-electron chi connectivity index (χ4n) is 3.72. The van der Waals surface area contributed by atoms with Crippen LogP contribution < -0.4 is 0 Å². The topological polar surface area (TPSA) is 39.2 Å². The SMILES string of the molecule is CCCCCCC/C=C/CCCCCC/C=C/CC/C=C/CCCC(=O)OCc1ccccn1. The van der Waals surface area contributed by atoms with E-state index in [1.165, 1.54) is 77.0 Å². The summed E-state index contributed by atoms with van der Waals surface area (Å²) in [6.45, 7) is 2.54. The molecule has 1 aromatic rings.